The number of aromatic nitrogens is 1. The highest BCUT2D eigenvalue weighted by Crippen LogP contribution is 2.33. The second-order valence-corrected chi connectivity index (χ2v) is 9.31. The largest absolute Gasteiger partial charge is 0.494 e. The minimum Gasteiger partial charge on any atom is -0.494 e. The van der Waals surface area contributed by atoms with Gasteiger partial charge in [-0.3, -0.25) is 4.79 Å². The molecule has 2 aromatic carbocycles. The zero-order valence-electron chi connectivity index (χ0n) is 18.6. The molecule has 1 fully saturated rings. The van der Waals surface area contributed by atoms with Gasteiger partial charge in [-0.2, -0.15) is 0 Å². The quantitative estimate of drug-likeness (QED) is 0.572. The standard InChI is InChI=1S/C25H31N3O2S/c1-4-30-21-7-5-19(6-8-21)9-12-26-24(29)20-10-13-28(14-11-20)25-27-23-18(3)15-17(2)16-22(23)31-25/h5-8,15-16,20H,4,9-14H2,1-3H3,(H,26,29). The summed E-state index contributed by atoms with van der Waals surface area (Å²) < 4.78 is 6.73. The smallest absolute Gasteiger partial charge is 0.223 e. The van der Waals surface area contributed by atoms with Gasteiger partial charge in [0.25, 0.3) is 0 Å². The lowest BCUT2D eigenvalue weighted by molar-refractivity contribution is -0.125. The second-order valence-electron chi connectivity index (χ2n) is 8.30. The van der Waals surface area contributed by atoms with Crippen LogP contribution in [0.25, 0.3) is 10.2 Å². The van der Waals surface area contributed by atoms with Crippen molar-refractivity contribution in [3.05, 3.63) is 53.1 Å². The highest BCUT2D eigenvalue weighted by molar-refractivity contribution is 7.22. The van der Waals surface area contributed by atoms with E-state index in [4.69, 9.17) is 9.72 Å². The highest BCUT2D eigenvalue weighted by Gasteiger charge is 2.26. The monoisotopic (exact) mass is 437 g/mol. The first-order valence-corrected chi connectivity index (χ1v) is 12.0. The molecule has 3 aromatic rings. The lowest BCUT2D eigenvalue weighted by atomic mass is 9.96. The Balaban J connectivity index is 1.25. The first-order valence-electron chi connectivity index (χ1n) is 11.2. The molecule has 0 spiro atoms. The Bertz CT molecular complexity index is 1040. The van der Waals surface area contributed by atoms with Crippen LogP contribution in [0.2, 0.25) is 0 Å². The topological polar surface area (TPSA) is 54.5 Å². The first-order chi connectivity index (χ1) is 15.0. The summed E-state index contributed by atoms with van der Waals surface area (Å²) in [5, 5.41) is 4.21. The van der Waals surface area contributed by atoms with E-state index in [1.807, 2.05) is 19.1 Å². The molecule has 1 aromatic heterocycles. The fraction of sp³-hybridized carbons (Fsp3) is 0.440. The molecule has 0 radical (unpaired) electrons. The van der Waals surface area contributed by atoms with Crippen molar-refractivity contribution in [2.75, 3.05) is 31.1 Å². The third-order valence-corrected chi connectivity index (χ3v) is 6.97. The number of carbonyl (C=O) groups is 1. The van der Waals surface area contributed by atoms with E-state index in [2.05, 4.69) is 48.3 Å². The Hall–Kier alpha value is -2.60. The molecule has 4 rings (SSSR count). The van der Waals surface area contributed by atoms with Gasteiger partial charge in [-0.1, -0.05) is 29.5 Å². The SMILES string of the molecule is CCOc1ccc(CCNC(=O)C2CCN(c3nc4c(C)cc(C)cc4s3)CC2)cc1. The summed E-state index contributed by atoms with van der Waals surface area (Å²) in [5.74, 6) is 1.16. The van der Waals surface area contributed by atoms with Crippen molar-refractivity contribution in [2.24, 2.45) is 5.92 Å². The summed E-state index contributed by atoms with van der Waals surface area (Å²) in [4.78, 5) is 19.9. The van der Waals surface area contributed by atoms with Gasteiger partial charge in [0, 0.05) is 25.6 Å². The van der Waals surface area contributed by atoms with Crippen molar-refractivity contribution in [1.82, 2.24) is 10.3 Å². The number of nitrogens with zero attached hydrogens (tertiary/aromatic N) is 2. The van der Waals surface area contributed by atoms with E-state index < -0.39 is 0 Å². The molecule has 164 valence electrons. The molecule has 1 N–H and O–H groups in total. The molecule has 0 aliphatic carbocycles. The number of benzene rings is 2. The summed E-state index contributed by atoms with van der Waals surface area (Å²) in [6, 6.07) is 12.5. The molecular formula is C25H31N3O2S. The molecule has 1 aliphatic heterocycles. The van der Waals surface area contributed by atoms with Crippen LogP contribution in [-0.2, 0) is 11.2 Å². The van der Waals surface area contributed by atoms with Crippen molar-refractivity contribution in [3.63, 3.8) is 0 Å². The maximum atomic E-state index is 12.6. The van der Waals surface area contributed by atoms with Crippen LogP contribution in [0.5, 0.6) is 5.75 Å². The number of thiazole rings is 1. The van der Waals surface area contributed by atoms with Crippen molar-refractivity contribution in [1.29, 1.82) is 0 Å². The van der Waals surface area contributed by atoms with Gasteiger partial charge in [-0.15, -0.1) is 0 Å². The van der Waals surface area contributed by atoms with E-state index in [1.165, 1.54) is 21.4 Å². The Labute approximate surface area is 188 Å². The minimum atomic E-state index is 0.0925. The molecule has 0 bridgehead atoms. The number of fused-ring (bicyclic) bond motifs is 1. The molecular weight excluding hydrogens is 406 g/mol. The van der Waals surface area contributed by atoms with Gasteiger partial charge in [-0.25, -0.2) is 4.98 Å². The van der Waals surface area contributed by atoms with Gasteiger partial charge < -0.3 is 15.0 Å². The summed E-state index contributed by atoms with van der Waals surface area (Å²) in [7, 11) is 0. The molecule has 0 unspecified atom stereocenters. The summed E-state index contributed by atoms with van der Waals surface area (Å²) in [6.45, 7) is 9.35. The van der Waals surface area contributed by atoms with Gasteiger partial charge in [0.05, 0.1) is 16.8 Å². The molecule has 1 saturated heterocycles. The molecule has 2 heterocycles. The Morgan fingerprint density at radius 2 is 1.94 bits per heavy atom. The summed E-state index contributed by atoms with van der Waals surface area (Å²) in [5.41, 5.74) is 4.83. The summed E-state index contributed by atoms with van der Waals surface area (Å²) >= 11 is 1.76. The Morgan fingerprint density at radius 1 is 1.19 bits per heavy atom. The molecule has 1 aliphatic rings. The highest BCUT2D eigenvalue weighted by atomic mass is 32.1. The number of amides is 1. The van der Waals surface area contributed by atoms with Gasteiger partial charge in [0.15, 0.2) is 5.13 Å². The van der Waals surface area contributed by atoms with E-state index in [0.29, 0.717) is 13.2 Å². The number of rotatable bonds is 7. The van der Waals surface area contributed by atoms with Crippen molar-refractivity contribution in [2.45, 2.75) is 40.0 Å². The molecule has 0 saturated carbocycles. The van der Waals surface area contributed by atoms with Crippen LogP contribution in [0.4, 0.5) is 5.13 Å². The molecule has 5 nitrogen and oxygen atoms in total. The third kappa shape index (κ3) is 5.18. The molecule has 6 heteroatoms. The van der Waals surface area contributed by atoms with Crippen LogP contribution >= 0.6 is 11.3 Å². The van der Waals surface area contributed by atoms with E-state index in [-0.39, 0.29) is 11.8 Å². The van der Waals surface area contributed by atoms with Crippen molar-refractivity contribution < 1.29 is 9.53 Å². The van der Waals surface area contributed by atoms with Crippen LogP contribution in [-0.4, -0.2) is 37.1 Å². The van der Waals surface area contributed by atoms with Crippen LogP contribution in [0.3, 0.4) is 0 Å². The van der Waals surface area contributed by atoms with Gasteiger partial charge in [-0.05, 0) is 74.9 Å². The fourth-order valence-corrected chi connectivity index (χ4v) is 5.41. The number of hydrogen-bond donors (Lipinski definition) is 1. The average molecular weight is 438 g/mol. The lowest BCUT2D eigenvalue weighted by Gasteiger charge is -2.31. The van der Waals surface area contributed by atoms with Gasteiger partial charge in [0.2, 0.25) is 5.91 Å². The number of nitrogens with one attached hydrogen (secondary N) is 1. The molecule has 31 heavy (non-hydrogen) atoms. The van der Waals surface area contributed by atoms with E-state index in [9.17, 15) is 4.79 Å². The predicted octanol–water partition coefficient (Wildman–Crippen LogP) is 4.89. The van der Waals surface area contributed by atoms with Crippen LogP contribution < -0.4 is 15.0 Å². The number of ether oxygens (including phenoxy) is 1. The average Bonchev–Trinajstić information content (AvgIpc) is 3.20. The van der Waals surface area contributed by atoms with E-state index >= 15 is 0 Å². The summed E-state index contributed by atoms with van der Waals surface area (Å²) in [6.07, 6.45) is 2.59. The zero-order valence-corrected chi connectivity index (χ0v) is 19.4. The fourth-order valence-electron chi connectivity index (χ4n) is 4.22. The Kier molecular flexibility index (Phi) is 6.76. The van der Waals surface area contributed by atoms with Crippen molar-refractivity contribution in [3.8, 4) is 5.75 Å². The number of anilines is 1. The van der Waals surface area contributed by atoms with Crippen molar-refractivity contribution >= 4 is 32.6 Å². The maximum absolute atomic E-state index is 12.6. The van der Waals surface area contributed by atoms with E-state index in [0.717, 1.165) is 48.7 Å². The molecule has 1 amide bonds. The first kappa shape index (κ1) is 21.6. The third-order valence-electron chi connectivity index (χ3n) is 5.90. The maximum Gasteiger partial charge on any atom is 0.223 e. The molecule has 0 atom stereocenters. The second kappa shape index (κ2) is 9.69. The zero-order chi connectivity index (χ0) is 21.8. The number of piperidine rings is 1. The normalized spacial score (nSPS) is 14.7. The van der Waals surface area contributed by atoms with Crippen LogP contribution in [0.1, 0.15) is 36.5 Å². The Morgan fingerprint density at radius 3 is 2.65 bits per heavy atom. The predicted molar refractivity (Wildman–Crippen MR) is 128 cm³/mol. The van der Waals surface area contributed by atoms with Crippen LogP contribution in [0, 0.1) is 19.8 Å². The van der Waals surface area contributed by atoms with Gasteiger partial charge >= 0.3 is 0 Å². The number of aryl methyl sites for hydroxylation is 2. The van der Waals surface area contributed by atoms with E-state index in [1.54, 1.807) is 11.3 Å². The number of carbonyl (C=O) groups excluding carboxylic acids is 1. The lowest BCUT2D eigenvalue weighted by Crippen LogP contribution is -2.41. The van der Waals surface area contributed by atoms with Crippen LogP contribution in [0.15, 0.2) is 36.4 Å². The number of hydrogen-bond acceptors (Lipinski definition) is 5. The minimum absolute atomic E-state index is 0.0925. The van der Waals surface area contributed by atoms with Gasteiger partial charge in [0.1, 0.15) is 5.75 Å².